The number of hydrogen-bond acceptors (Lipinski definition) is 4. The zero-order chi connectivity index (χ0) is 28.1. The van der Waals surface area contributed by atoms with Gasteiger partial charge in [0.15, 0.2) is 0 Å². The largest absolute Gasteiger partial charge is 0.481 e. The number of likely N-dealkylation sites (N-methyl/N-ethyl adjacent to an activating group) is 1. The van der Waals surface area contributed by atoms with Crippen molar-refractivity contribution in [1.82, 2.24) is 9.21 Å². The molecule has 0 radical (unpaired) electrons. The van der Waals surface area contributed by atoms with Gasteiger partial charge in [-0.3, -0.25) is 9.59 Å². The molecular formula is C29H34Cl2N2O5S. The Morgan fingerprint density at radius 1 is 1.08 bits per heavy atom. The lowest BCUT2D eigenvalue weighted by Crippen LogP contribution is -2.59. The van der Waals surface area contributed by atoms with E-state index in [9.17, 15) is 23.1 Å². The third kappa shape index (κ3) is 5.85. The van der Waals surface area contributed by atoms with E-state index in [4.69, 9.17) is 23.2 Å². The summed E-state index contributed by atoms with van der Waals surface area (Å²) in [5, 5.41) is 10.6. The molecule has 0 aromatic heterocycles. The van der Waals surface area contributed by atoms with Crippen molar-refractivity contribution in [1.29, 1.82) is 0 Å². The number of benzene rings is 2. The van der Waals surface area contributed by atoms with Crippen LogP contribution in [0.15, 0.2) is 48.5 Å². The third-order valence-electron chi connectivity index (χ3n) is 8.48. The number of carbonyl (C=O) groups is 2. The lowest BCUT2D eigenvalue weighted by Gasteiger charge is -2.52. The van der Waals surface area contributed by atoms with Gasteiger partial charge in [0.25, 0.3) is 0 Å². The number of aliphatic carboxylic acids is 1. The molecule has 2 saturated carbocycles. The van der Waals surface area contributed by atoms with Gasteiger partial charge in [-0.15, -0.1) is 0 Å². The van der Waals surface area contributed by atoms with Crippen molar-refractivity contribution in [2.75, 3.05) is 13.6 Å². The molecule has 1 saturated heterocycles. The molecule has 0 spiro atoms. The summed E-state index contributed by atoms with van der Waals surface area (Å²) in [5.41, 5.74) is 0.599. The minimum absolute atomic E-state index is 0.132. The van der Waals surface area contributed by atoms with Gasteiger partial charge < -0.3 is 10.0 Å². The van der Waals surface area contributed by atoms with E-state index in [1.54, 1.807) is 32.2 Å². The summed E-state index contributed by atoms with van der Waals surface area (Å²) in [6.07, 6.45) is 3.08. The van der Waals surface area contributed by atoms with Crippen LogP contribution in [0.2, 0.25) is 10.0 Å². The normalized spacial score (nSPS) is 26.6. The van der Waals surface area contributed by atoms with Crippen molar-refractivity contribution in [3.63, 3.8) is 0 Å². The molecule has 1 unspecified atom stereocenters. The van der Waals surface area contributed by atoms with Gasteiger partial charge in [0.2, 0.25) is 15.9 Å². The van der Waals surface area contributed by atoms with E-state index in [1.807, 2.05) is 35.2 Å². The zero-order valence-corrected chi connectivity index (χ0v) is 24.4. The Kier molecular flexibility index (Phi) is 7.79. The maximum Gasteiger partial charge on any atom is 0.304 e. The van der Waals surface area contributed by atoms with Gasteiger partial charge in [-0.2, -0.15) is 0 Å². The molecule has 3 fully saturated rings. The smallest absolute Gasteiger partial charge is 0.304 e. The van der Waals surface area contributed by atoms with E-state index in [1.165, 1.54) is 4.31 Å². The van der Waals surface area contributed by atoms with Gasteiger partial charge in [-0.1, -0.05) is 54.4 Å². The van der Waals surface area contributed by atoms with Crippen LogP contribution in [0.25, 0.3) is 0 Å². The molecular weight excluding hydrogens is 559 g/mol. The van der Waals surface area contributed by atoms with Crippen molar-refractivity contribution in [3.8, 4) is 0 Å². The first-order chi connectivity index (χ1) is 18.4. The second-order valence-corrected chi connectivity index (χ2v) is 14.8. The van der Waals surface area contributed by atoms with E-state index >= 15 is 0 Å². The van der Waals surface area contributed by atoms with Crippen molar-refractivity contribution in [3.05, 3.63) is 69.7 Å². The molecule has 1 amide bonds. The lowest BCUT2D eigenvalue weighted by molar-refractivity contribution is -0.161. The molecule has 10 heteroatoms. The topological polar surface area (TPSA) is 95.0 Å². The van der Waals surface area contributed by atoms with Gasteiger partial charge in [0.1, 0.15) is 0 Å². The van der Waals surface area contributed by atoms with Crippen molar-refractivity contribution in [2.24, 2.45) is 11.3 Å². The first-order valence-corrected chi connectivity index (χ1v) is 15.7. The van der Waals surface area contributed by atoms with Crippen LogP contribution in [0.1, 0.15) is 68.5 Å². The first kappa shape index (κ1) is 28.4. The number of halogens is 2. The van der Waals surface area contributed by atoms with Gasteiger partial charge in [0, 0.05) is 35.6 Å². The molecule has 1 aliphatic heterocycles. The minimum atomic E-state index is -3.46. The Balaban J connectivity index is 1.65. The number of amides is 1. The SMILES string of the molecule is CN(C[C@@H](C1CC1)N1C(=O)C(C)(CC(=O)O)C[C@H](c2cccc(Cl)c2)[C@H]1c1ccc(Cl)cc1)S(=O)(=O)C1CC1. The maximum atomic E-state index is 14.5. The molecule has 39 heavy (non-hydrogen) atoms. The molecule has 2 aliphatic carbocycles. The number of sulfonamides is 1. The number of likely N-dealkylation sites (tertiary alicyclic amines) is 1. The molecule has 0 bridgehead atoms. The minimum Gasteiger partial charge on any atom is -0.481 e. The highest BCUT2D eigenvalue weighted by Crippen LogP contribution is 2.54. The van der Waals surface area contributed by atoms with Gasteiger partial charge in [-0.05, 0) is 73.4 Å². The molecule has 2 aromatic rings. The number of carboxylic acid groups (broad SMARTS) is 1. The van der Waals surface area contributed by atoms with Crippen LogP contribution in [0.3, 0.4) is 0 Å². The number of piperidine rings is 1. The molecule has 2 aromatic carbocycles. The first-order valence-electron chi connectivity index (χ1n) is 13.4. The monoisotopic (exact) mass is 592 g/mol. The highest BCUT2D eigenvalue weighted by molar-refractivity contribution is 7.90. The van der Waals surface area contributed by atoms with Crippen molar-refractivity contribution in [2.45, 2.75) is 68.7 Å². The number of hydrogen-bond donors (Lipinski definition) is 1. The molecule has 210 valence electrons. The number of nitrogens with zero attached hydrogens (tertiary/aromatic N) is 2. The highest BCUT2D eigenvalue weighted by atomic mass is 35.5. The number of rotatable bonds is 10. The molecule has 7 nitrogen and oxygen atoms in total. The van der Waals surface area contributed by atoms with Gasteiger partial charge in [0.05, 0.1) is 23.1 Å². The molecule has 5 rings (SSSR count). The fourth-order valence-corrected chi connectivity index (χ4v) is 8.10. The summed E-state index contributed by atoms with van der Waals surface area (Å²) in [7, 11) is -1.87. The Morgan fingerprint density at radius 2 is 1.74 bits per heavy atom. The molecule has 1 heterocycles. The van der Waals surface area contributed by atoms with E-state index in [0.717, 1.165) is 24.0 Å². The maximum absolute atomic E-state index is 14.5. The summed E-state index contributed by atoms with van der Waals surface area (Å²) >= 11 is 12.6. The average Bonchev–Trinajstić information content (AvgIpc) is 3.77. The average molecular weight is 594 g/mol. The van der Waals surface area contributed by atoms with Gasteiger partial charge >= 0.3 is 5.97 Å². The van der Waals surface area contributed by atoms with Crippen molar-refractivity contribution < 1.29 is 23.1 Å². The predicted octanol–water partition coefficient (Wildman–Crippen LogP) is 5.73. The second kappa shape index (κ2) is 10.7. The highest BCUT2D eigenvalue weighted by Gasteiger charge is 2.55. The standard InChI is InChI=1S/C29H34Cl2N2O5S/c1-29(16-26(34)35)15-24(20-4-3-5-22(31)14-20)27(19-8-10-21(30)11-9-19)33(28(29)36)25(18-6-7-18)17-32(2)39(37,38)23-12-13-23/h3-5,8-11,14,18,23-25,27H,6-7,12-13,15-17H2,1-2H3,(H,34,35)/t24-,25+,27-,29?/m1/s1. The third-order valence-corrected chi connectivity index (χ3v) is 11.3. The summed E-state index contributed by atoms with van der Waals surface area (Å²) in [6.45, 7) is 1.89. The lowest BCUT2D eigenvalue weighted by atomic mass is 9.67. The summed E-state index contributed by atoms with van der Waals surface area (Å²) in [4.78, 5) is 28.3. The van der Waals surface area contributed by atoms with Crippen LogP contribution in [0, 0.1) is 11.3 Å². The quantitative estimate of drug-likeness (QED) is 0.380. The van der Waals surface area contributed by atoms with E-state index in [0.29, 0.717) is 29.3 Å². The fraction of sp³-hybridized carbons (Fsp3) is 0.517. The Bertz CT molecular complexity index is 1360. The summed E-state index contributed by atoms with van der Waals surface area (Å²) < 4.78 is 27.7. The summed E-state index contributed by atoms with van der Waals surface area (Å²) in [6, 6.07) is 14.0. The molecule has 3 aliphatic rings. The Labute approximate surface area is 240 Å². The van der Waals surface area contributed by atoms with Crippen LogP contribution in [0.4, 0.5) is 0 Å². The van der Waals surface area contributed by atoms with Crippen LogP contribution in [-0.2, 0) is 19.6 Å². The Hall–Kier alpha value is -2.13. The van der Waals surface area contributed by atoms with E-state index < -0.39 is 33.5 Å². The second-order valence-electron chi connectivity index (χ2n) is 11.6. The number of carboxylic acids is 1. The Morgan fingerprint density at radius 3 is 2.31 bits per heavy atom. The molecule has 4 atom stereocenters. The van der Waals surface area contributed by atoms with E-state index in [2.05, 4.69) is 0 Å². The predicted molar refractivity (Wildman–Crippen MR) is 151 cm³/mol. The van der Waals surface area contributed by atoms with Crippen LogP contribution < -0.4 is 0 Å². The number of carbonyl (C=O) groups excluding carboxylic acids is 1. The molecule has 1 N–H and O–H groups in total. The van der Waals surface area contributed by atoms with Crippen LogP contribution in [-0.4, -0.2) is 59.5 Å². The fourth-order valence-electron chi connectivity index (χ4n) is 6.18. The zero-order valence-electron chi connectivity index (χ0n) is 22.1. The van der Waals surface area contributed by atoms with Crippen LogP contribution in [0.5, 0.6) is 0 Å². The van der Waals surface area contributed by atoms with Crippen molar-refractivity contribution >= 4 is 45.1 Å². The summed E-state index contributed by atoms with van der Waals surface area (Å²) in [5.74, 6) is -1.43. The van der Waals surface area contributed by atoms with Crippen LogP contribution >= 0.6 is 23.2 Å². The van der Waals surface area contributed by atoms with E-state index in [-0.39, 0.29) is 36.0 Å². The van der Waals surface area contributed by atoms with Gasteiger partial charge in [-0.25, -0.2) is 12.7 Å².